The molecule has 2 heterocycles. The SMILES string of the molecule is COc1cccc2cc([C@H]3CC(c4cccc(Cl)c4)=NN3C(=O)CCC(=O)O)c(Cl)nc12. The number of carboxylic acids is 1. The van der Waals surface area contributed by atoms with Crippen molar-refractivity contribution in [2.24, 2.45) is 5.10 Å². The van der Waals surface area contributed by atoms with Gasteiger partial charge in [0.25, 0.3) is 0 Å². The van der Waals surface area contributed by atoms with E-state index in [1.54, 1.807) is 31.4 Å². The Bertz CT molecular complexity index is 1250. The van der Waals surface area contributed by atoms with Crippen molar-refractivity contribution < 1.29 is 19.4 Å². The van der Waals surface area contributed by atoms with E-state index in [1.165, 1.54) is 5.01 Å². The molecule has 1 aliphatic heterocycles. The maximum Gasteiger partial charge on any atom is 0.303 e. The van der Waals surface area contributed by atoms with Crippen molar-refractivity contribution in [1.29, 1.82) is 0 Å². The molecule has 1 amide bonds. The van der Waals surface area contributed by atoms with E-state index in [2.05, 4.69) is 10.1 Å². The molecule has 0 bridgehead atoms. The summed E-state index contributed by atoms with van der Waals surface area (Å²) in [4.78, 5) is 28.4. The van der Waals surface area contributed by atoms with Gasteiger partial charge in [-0.05, 0) is 29.8 Å². The highest BCUT2D eigenvalue weighted by molar-refractivity contribution is 6.31. The minimum absolute atomic E-state index is 0.176. The molecular formula is C23H19Cl2N3O4. The molecule has 3 aromatic rings. The number of pyridine rings is 1. The molecule has 4 rings (SSSR count). The number of ether oxygens (including phenoxy) is 1. The lowest BCUT2D eigenvalue weighted by molar-refractivity contribution is -0.141. The van der Waals surface area contributed by atoms with E-state index >= 15 is 0 Å². The number of para-hydroxylation sites is 1. The van der Waals surface area contributed by atoms with Gasteiger partial charge in [0.15, 0.2) is 0 Å². The van der Waals surface area contributed by atoms with Crippen LogP contribution in [0.25, 0.3) is 10.9 Å². The van der Waals surface area contributed by atoms with E-state index in [-0.39, 0.29) is 18.0 Å². The number of methoxy groups -OCH3 is 1. The number of amides is 1. The van der Waals surface area contributed by atoms with Crippen LogP contribution in [0.5, 0.6) is 5.75 Å². The monoisotopic (exact) mass is 471 g/mol. The van der Waals surface area contributed by atoms with Gasteiger partial charge in [-0.25, -0.2) is 9.99 Å². The Morgan fingerprint density at radius 1 is 1.16 bits per heavy atom. The maximum atomic E-state index is 12.9. The Kier molecular flexibility index (Phi) is 6.30. The lowest BCUT2D eigenvalue weighted by Crippen LogP contribution is -2.27. The summed E-state index contributed by atoms with van der Waals surface area (Å²) in [6.07, 6.45) is -0.0778. The first-order valence-electron chi connectivity index (χ1n) is 9.88. The van der Waals surface area contributed by atoms with Crippen molar-refractivity contribution in [3.05, 3.63) is 69.8 Å². The van der Waals surface area contributed by atoms with E-state index < -0.39 is 17.9 Å². The smallest absolute Gasteiger partial charge is 0.303 e. The standard InChI is InChI=1S/C23H19Cl2N3O4/c1-32-19-7-3-5-14-11-16(23(25)26-22(14)19)18-12-17(13-4-2-6-15(24)10-13)27-28(18)20(29)8-9-21(30)31/h2-7,10-11,18H,8-9,12H2,1H3,(H,30,31)/t18-/m1/s1. The lowest BCUT2D eigenvalue weighted by atomic mass is 9.98. The van der Waals surface area contributed by atoms with E-state index in [0.29, 0.717) is 34.0 Å². The molecule has 1 N–H and O–H groups in total. The van der Waals surface area contributed by atoms with Crippen LogP contribution in [0.4, 0.5) is 0 Å². The van der Waals surface area contributed by atoms with E-state index in [9.17, 15) is 9.59 Å². The molecule has 0 saturated carbocycles. The topological polar surface area (TPSA) is 92.1 Å². The van der Waals surface area contributed by atoms with Gasteiger partial charge in [-0.2, -0.15) is 5.10 Å². The van der Waals surface area contributed by atoms with Crippen molar-refractivity contribution in [3.63, 3.8) is 0 Å². The third kappa shape index (κ3) is 4.40. The lowest BCUT2D eigenvalue weighted by Gasteiger charge is -2.23. The summed E-state index contributed by atoms with van der Waals surface area (Å²) in [6.45, 7) is 0. The van der Waals surface area contributed by atoms with E-state index in [4.69, 9.17) is 33.0 Å². The molecule has 0 aliphatic carbocycles. The summed E-state index contributed by atoms with van der Waals surface area (Å²) in [7, 11) is 1.56. The van der Waals surface area contributed by atoms with Crippen LogP contribution < -0.4 is 4.74 Å². The fourth-order valence-electron chi connectivity index (χ4n) is 3.72. The highest BCUT2D eigenvalue weighted by atomic mass is 35.5. The summed E-state index contributed by atoms with van der Waals surface area (Å²) in [5.41, 5.74) is 2.67. The number of rotatable bonds is 6. The van der Waals surface area contributed by atoms with Crippen molar-refractivity contribution in [2.75, 3.05) is 7.11 Å². The van der Waals surface area contributed by atoms with Crippen molar-refractivity contribution in [3.8, 4) is 5.75 Å². The summed E-state index contributed by atoms with van der Waals surface area (Å²) >= 11 is 12.7. The highest BCUT2D eigenvalue weighted by Gasteiger charge is 2.35. The number of halogens is 2. The molecule has 164 valence electrons. The summed E-state index contributed by atoms with van der Waals surface area (Å²) < 4.78 is 5.37. The summed E-state index contributed by atoms with van der Waals surface area (Å²) in [6, 6.07) is 14.1. The Balaban J connectivity index is 1.76. The molecule has 1 aliphatic rings. The molecule has 1 atom stereocenters. The third-order valence-electron chi connectivity index (χ3n) is 5.24. The third-order valence-corrected chi connectivity index (χ3v) is 5.78. The van der Waals surface area contributed by atoms with Crippen LogP contribution in [0.2, 0.25) is 10.2 Å². The quantitative estimate of drug-likeness (QED) is 0.505. The zero-order chi connectivity index (χ0) is 22.8. The Hall–Kier alpha value is -3.16. The number of benzene rings is 2. The van der Waals surface area contributed by atoms with E-state index in [1.807, 2.05) is 24.3 Å². The molecule has 0 saturated heterocycles. The molecule has 9 heteroatoms. The average Bonchev–Trinajstić information content (AvgIpc) is 3.22. The largest absolute Gasteiger partial charge is 0.494 e. The number of carboxylic acid groups (broad SMARTS) is 1. The van der Waals surface area contributed by atoms with Crippen LogP contribution in [-0.4, -0.2) is 39.8 Å². The molecule has 0 spiro atoms. The number of carbonyl (C=O) groups excluding carboxylic acids is 1. The second-order valence-electron chi connectivity index (χ2n) is 7.31. The van der Waals surface area contributed by atoms with Gasteiger partial charge in [0.2, 0.25) is 5.91 Å². The molecule has 32 heavy (non-hydrogen) atoms. The Labute approximate surface area is 194 Å². The van der Waals surface area contributed by atoms with Crippen LogP contribution in [0, 0.1) is 0 Å². The van der Waals surface area contributed by atoms with Crippen LogP contribution in [-0.2, 0) is 9.59 Å². The molecule has 1 aromatic heterocycles. The van der Waals surface area contributed by atoms with Gasteiger partial charge < -0.3 is 9.84 Å². The first kappa shape index (κ1) is 22.0. The first-order chi connectivity index (χ1) is 15.4. The predicted octanol–water partition coefficient (Wildman–Crippen LogP) is 5.09. The number of hydrogen-bond acceptors (Lipinski definition) is 5. The van der Waals surface area contributed by atoms with Gasteiger partial charge in [0.1, 0.15) is 16.4 Å². The van der Waals surface area contributed by atoms with Gasteiger partial charge >= 0.3 is 5.97 Å². The minimum atomic E-state index is -1.05. The molecule has 0 unspecified atom stereocenters. The predicted molar refractivity (Wildman–Crippen MR) is 122 cm³/mol. The fourth-order valence-corrected chi connectivity index (χ4v) is 4.17. The zero-order valence-corrected chi connectivity index (χ0v) is 18.6. The average molecular weight is 472 g/mol. The van der Waals surface area contributed by atoms with Crippen LogP contribution >= 0.6 is 23.2 Å². The van der Waals surface area contributed by atoms with Crippen molar-refractivity contribution >= 4 is 51.7 Å². The zero-order valence-electron chi connectivity index (χ0n) is 17.1. The van der Waals surface area contributed by atoms with Crippen LogP contribution in [0.3, 0.4) is 0 Å². The number of aliphatic carboxylic acids is 1. The molecule has 7 nitrogen and oxygen atoms in total. The summed E-state index contributed by atoms with van der Waals surface area (Å²) in [5.74, 6) is -0.866. The van der Waals surface area contributed by atoms with Gasteiger partial charge in [-0.3, -0.25) is 9.59 Å². The molecular weight excluding hydrogens is 453 g/mol. The number of aromatic nitrogens is 1. The van der Waals surface area contributed by atoms with E-state index in [0.717, 1.165) is 10.9 Å². The normalized spacial score (nSPS) is 15.7. The number of hydrazone groups is 1. The van der Waals surface area contributed by atoms with Crippen LogP contribution in [0.15, 0.2) is 53.6 Å². The molecule has 2 aromatic carbocycles. The number of carbonyl (C=O) groups is 2. The Morgan fingerprint density at radius 3 is 2.66 bits per heavy atom. The van der Waals surface area contributed by atoms with Crippen molar-refractivity contribution in [1.82, 2.24) is 9.99 Å². The van der Waals surface area contributed by atoms with Gasteiger partial charge in [0, 0.05) is 28.8 Å². The van der Waals surface area contributed by atoms with Gasteiger partial charge in [-0.15, -0.1) is 0 Å². The highest BCUT2D eigenvalue weighted by Crippen LogP contribution is 2.39. The van der Waals surface area contributed by atoms with Crippen molar-refractivity contribution in [2.45, 2.75) is 25.3 Å². The first-order valence-corrected chi connectivity index (χ1v) is 10.6. The van der Waals surface area contributed by atoms with Crippen LogP contribution in [0.1, 0.15) is 36.4 Å². The second-order valence-corrected chi connectivity index (χ2v) is 8.10. The van der Waals surface area contributed by atoms with Gasteiger partial charge in [-0.1, -0.05) is 47.5 Å². The number of nitrogens with zero attached hydrogens (tertiary/aromatic N) is 3. The second kappa shape index (κ2) is 9.14. The van der Waals surface area contributed by atoms with Gasteiger partial charge in [0.05, 0.1) is 25.3 Å². The number of hydrogen-bond donors (Lipinski definition) is 1. The number of fused-ring (bicyclic) bond motifs is 1. The minimum Gasteiger partial charge on any atom is -0.494 e. The Morgan fingerprint density at radius 2 is 1.94 bits per heavy atom. The fraction of sp³-hybridized carbons (Fsp3) is 0.217. The maximum absolute atomic E-state index is 12.9. The summed E-state index contributed by atoms with van der Waals surface area (Å²) in [5, 5.41) is 16.4. The molecule has 0 fully saturated rings. The molecule has 0 radical (unpaired) electrons.